The lowest BCUT2D eigenvalue weighted by Gasteiger charge is -2.12. The predicted octanol–water partition coefficient (Wildman–Crippen LogP) is -1.77. The van der Waals surface area contributed by atoms with Crippen LogP contribution in [-0.2, 0) is 22.6 Å². The van der Waals surface area contributed by atoms with Crippen LogP contribution in [-0.4, -0.2) is 24.7 Å². The van der Waals surface area contributed by atoms with E-state index in [0.29, 0.717) is 23.4 Å². The molecule has 7 heteroatoms. The molecule has 6 nitrogen and oxygen atoms in total. The van der Waals surface area contributed by atoms with Gasteiger partial charge in [0.1, 0.15) is 5.75 Å². The van der Waals surface area contributed by atoms with Gasteiger partial charge in [0.25, 0.3) is 0 Å². The number of ether oxygens (including phenoxy) is 1. The fourth-order valence-corrected chi connectivity index (χ4v) is 1.85. The van der Waals surface area contributed by atoms with Crippen molar-refractivity contribution in [2.45, 2.75) is 13.2 Å². The van der Waals surface area contributed by atoms with Crippen LogP contribution in [0.5, 0.6) is 5.75 Å². The SMILES string of the molecule is NCC(=O)Oc1ccc2c(c1CN)B(O)OC2. The Labute approximate surface area is 98.6 Å². The summed E-state index contributed by atoms with van der Waals surface area (Å²) in [5, 5.41) is 9.67. The molecule has 2 rings (SSSR count). The van der Waals surface area contributed by atoms with E-state index in [2.05, 4.69) is 0 Å². The van der Waals surface area contributed by atoms with Gasteiger partial charge < -0.3 is 25.9 Å². The summed E-state index contributed by atoms with van der Waals surface area (Å²) in [4.78, 5) is 11.1. The first-order chi connectivity index (χ1) is 8.17. The largest absolute Gasteiger partial charge is 0.492 e. The lowest BCUT2D eigenvalue weighted by molar-refractivity contribution is -0.132. The molecule has 0 amide bonds. The Bertz CT molecular complexity index is 452. The van der Waals surface area contributed by atoms with E-state index in [9.17, 15) is 9.82 Å². The van der Waals surface area contributed by atoms with E-state index >= 15 is 0 Å². The van der Waals surface area contributed by atoms with Crippen molar-refractivity contribution in [3.05, 3.63) is 23.3 Å². The van der Waals surface area contributed by atoms with Crippen molar-refractivity contribution in [3.8, 4) is 5.75 Å². The van der Waals surface area contributed by atoms with Gasteiger partial charge in [-0.15, -0.1) is 0 Å². The molecule has 1 heterocycles. The molecule has 0 unspecified atom stereocenters. The maximum absolute atomic E-state index is 11.1. The molecule has 0 aliphatic carbocycles. The van der Waals surface area contributed by atoms with E-state index in [4.69, 9.17) is 20.9 Å². The lowest BCUT2D eigenvalue weighted by Crippen LogP contribution is -2.33. The number of esters is 1. The number of hydrogen-bond acceptors (Lipinski definition) is 6. The number of nitrogens with two attached hydrogens (primary N) is 2. The number of fused-ring (bicyclic) bond motifs is 1. The van der Waals surface area contributed by atoms with E-state index in [1.54, 1.807) is 12.1 Å². The summed E-state index contributed by atoms with van der Waals surface area (Å²) in [5.74, 6) is -0.223. The third-order valence-electron chi connectivity index (χ3n) is 2.64. The zero-order chi connectivity index (χ0) is 12.4. The third-order valence-corrected chi connectivity index (χ3v) is 2.64. The van der Waals surface area contributed by atoms with Gasteiger partial charge >= 0.3 is 13.1 Å². The van der Waals surface area contributed by atoms with Gasteiger partial charge in [0.2, 0.25) is 0 Å². The summed E-state index contributed by atoms with van der Waals surface area (Å²) in [6.45, 7) is 0.269. The van der Waals surface area contributed by atoms with Gasteiger partial charge in [0, 0.05) is 12.1 Å². The molecule has 0 aromatic heterocycles. The Morgan fingerprint density at radius 2 is 2.29 bits per heavy atom. The second-order valence-electron chi connectivity index (χ2n) is 3.66. The van der Waals surface area contributed by atoms with Crippen LogP contribution in [0.3, 0.4) is 0 Å². The van der Waals surface area contributed by atoms with Gasteiger partial charge in [-0.3, -0.25) is 4.79 Å². The summed E-state index contributed by atoms with van der Waals surface area (Å²) < 4.78 is 10.1. The minimum absolute atomic E-state index is 0.150. The standard InChI is InChI=1S/C10H13BN2O4/c12-3-7-8(17-9(14)4-13)2-1-6-5-16-11(15)10(6)7/h1-2,15H,3-5,12-13H2. The van der Waals surface area contributed by atoms with Crippen molar-refractivity contribution in [3.63, 3.8) is 0 Å². The summed E-state index contributed by atoms with van der Waals surface area (Å²) in [5.41, 5.74) is 12.8. The minimum atomic E-state index is -1.01. The monoisotopic (exact) mass is 236 g/mol. The third kappa shape index (κ3) is 2.18. The van der Waals surface area contributed by atoms with Gasteiger partial charge in [0.05, 0.1) is 13.2 Å². The highest BCUT2D eigenvalue weighted by atomic mass is 16.5. The highest BCUT2D eigenvalue weighted by molar-refractivity contribution is 6.62. The van der Waals surface area contributed by atoms with Crippen molar-refractivity contribution in [1.82, 2.24) is 0 Å². The molecule has 0 radical (unpaired) electrons. The van der Waals surface area contributed by atoms with Gasteiger partial charge in [-0.25, -0.2) is 0 Å². The first kappa shape index (κ1) is 12.1. The summed E-state index contributed by atoms with van der Waals surface area (Å²) in [7, 11) is -1.01. The number of carbonyl (C=O) groups is 1. The molecule has 0 fully saturated rings. The quantitative estimate of drug-likeness (QED) is 0.325. The van der Waals surface area contributed by atoms with Crippen molar-refractivity contribution in [2.24, 2.45) is 11.5 Å². The number of hydrogen-bond donors (Lipinski definition) is 3. The Hall–Kier alpha value is -1.41. The van der Waals surface area contributed by atoms with Crippen LogP contribution in [0.4, 0.5) is 0 Å². The first-order valence-corrected chi connectivity index (χ1v) is 5.22. The summed E-state index contributed by atoms with van der Waals surface area (Å²) >= 11 is 0. The smallest absolute Gasteiger partial charge is 0.425 e. The molecule has 5 N–H and O–H groups in total. The molecule has 0 saturated heterocycles. The second kappa shape index (κ2) is 4.85. The highest BCUT2D eigenvalue weighted by Crippen LogP contribution is 2.22. The Balaban J connectivity index is 2.41. The average molecular weight is 236 g/mol. The van der Waals surface area contributed by atoms with Crippen molar-refractivity contribution >= 4 is 18.6 Å². The van der Waals surface area contributed by atoms with E-state index in [1.165, 1.54) is 0 Å². The molecular weight excluding hydrogens is 223 g/mol. The molecule has 1 aliphatic rings. The molecule has 1 aliphatic heterocycles. The minimum Gasteiger partial charge on any atom is -0.425 e. The van der Waals surface area contributed by atoms with Crippen LogP contribution < -0.4 is 21.7 Å². The van der Waals surface area contributed by atoms with Gasteiger partial charge in [0.15, 0.2) is 0 Å². The highest BCUT2D eigenvalue weighted by Gasteiger charge is 2.31. The average Bonchev–Trinajstić information content (AvgIpc) is 2.71. The Morgan fingerprint density at radius 3 is 2.94 bits per heavy atom. The molecule has 17 heavy (non-hydrogen) atoms. The van der Waals surface area contributed by atoms with Gasteiger partial charge in [-0.05, 0) is 17.1 Å². The number of carbonyl (C=O) groups excluding carboxylic acids is 1. The fourth-order valence-electron chi connectivity index (χ4n) is 1.85. The summed E-state index contributed by atoms with van der Waals surface area (Å²) in [6, 6.07) is 3.37. The lowest BCUT2D eigenvalue weighted by atomic mass is 9.76. The van der Waals surface area contributed by atoms with Crippen molar-refractivity contribution in [2.75, 3.05) is 6.54 Å². The molecule has 90 valence electrons. The normalized spacial score (nSPS) is 13.7. The number of benzene rings is 1. The predicted molar refractivity (Wildman–Crippen MR) is 61.4 cm³/mol. The zero-order valence-corrected chi connectivity index (χ0v) is 9.18. The molecule has 0 atom stereocenters. The van der Waals surface area contributed by atoms with Crippen molar-refractivity contribution in [1.29, 1.82) is 0 Å². The van der Waals surface area contributed by atoms with E-state index in [0.717, 1.165) is 5.56 Å². The molecule has 1 aromatic rings. The first-order valence-electron chi connectivity index (χ1n) is 5.22. The van der Waals surface area contributed by atoms with Crippen molar-refractivity contribution < 1.29 is 19.2 Å². The molecule has 0 saturated carbocycles. The van der Waals surface area contributed by atoms with Gasteiger partial charge in [-0.2, -0.15) is 0 Å². The molecule has 0 spiro atoms. The Morgan fingerprint density at radius 1 is 1.53 bits per heavy atom. The van der Waals surface area contributed by atoms with E-state index < -0.39 is 13.1 Å². The zero-order valence-electron chi connectivity index (χ0n) is 9.18. The maximum Gasteiger partial charge on any atom is 0.492 e. The van der Waals surface area contributed by atoms with E-state index in [1.807, 2.05) is 0 Å². The second-order valence-corrected chi connectivity index (χ2v) is 3.66. The number of rotatable bonds is 3. The van der Waals surface area contributed by atoms with Crippen LogP contribution in [0.25, 0.3) is 0 Å². The van der Waals surface area contributed by atoms with Crippen LogP contribution in [0.15, 0.2) is 12.1 Å². The van der Waals surface area contributed by atoms with Gasteiger partial charge in [-0.1, -0.05) is 6.07 Å². The van der Waals surface area contributed by atoms with Crippen LogP contribution in [0.1, 0.15) is 11.1 Å². The maximum atomic E-state index is 11.1. The van der Waals surface area contributed by atoms with Crippen LogP contribution in [0, 0.1) is 0 Å². The molecule has 1 aromatic carbocycles. The fraction of sp³-hybridized carbons (Fsp3) is 0.300. The topological polar surface area (TPSA) is 108 Å². The summed E-state index contributed by atoms with van der Waals surface area (Å²) in [6.07, 6.45) is 0. The van der Waals surface area contributed by atoms with Crippen LogP contribution in [0.2, 0.25) is 0 Å². The molecule has 0 bridgehead atoms. The van der Waals surface area contributed by atoms with E-state index in [-0.39, 0.29) is 13.1 Å². The Kier molecular flexibility index (Phi) is 3.44. The van der Waals surface area contributed by atoms with Crippen LogP contribution >= 0.6 is 0 Å². The molecular formula is C10H13BN2O4.